The van der Waals surface area contributed by atoms with Gasteiger partial charge in [-0.15, -0.1) is 0 Å². The van der Waals surface area contributed by atoms with Gasteiger partial charge >= 0.3 is 0 Å². The molecule has 106 valence electrons. The zero-order chi connectivity index (χ0) is 13.7. The lowest BCUT2D eigenvalue weighted by molar-refractivity contribution is -0.169. The number of ether oxygens (including phenoxy) is 4. The average molecular weight is 331 g/mol. The molecular weight excluding hydrogens is 312 g/mol. The molecule has 0 bridgehead atoms. The van der Waals surface area contributed by atoms with E-state index in [9.17, 15) is 0 Å². The first-order valence-electron chi connectivity index (χ1n) is 6.38. The molecule has 1 aromatic carbocycles. The summed E-state index contributed by atoms with van der Waals surface area (Å²) in [7, 11) is 3.27. The van der Waals surface area contributed by atoms with E-state index in [1.54, 1.807) is 14.2 Å². The van der Waals surface area contributed by atoms with Crippen molar-refractivity contribution in [2.24, 2.45) is 0 Å². The van der Waals surface area contributed by atoms with Crippen molar-refractivity contribution in [3.05, 3.63) is 22.2 Å². The van der Waals surface area contributed by atoms with Crippen LogP contribution in [-0.2, 0) is 16.1 Å². The van der Waals surface area contributed by atoms with Crippen LogP contribution in [0, 0.1) is 0 Å². The predicted molar refractivity (Wildman–Crippen MR) is 75.6 cm³/mol. The van der Waals surface area contributed by atoms with Gasteiger partial charge in [-0.3, -0.25) is 0 Å². The molecule has 1 aliphatic heterocycles. The monoisotopic (exact) mass is 330 g/mol. The van der Waals surface area contributed by atoms with Gasteiger partial charge in [0.15, 0.2) is 6.29 Å². The minimum atomic E-state index is -0.0992. The summed E-state index contributed by atoms with van der Waals surface area (Å²) in [6, 6.07) is 3.78. The fourth-order valence-electron chi connectivity index (χ4n) is 2.02. The van der Waals surface area contributed by atoms with E-state index in [4.69, 9.17) is 18.9 Å². The number of methoxy groups -OCH3 is 2. The van der Waals surface area contributed by atoms with Crippen molar-refractivity contribution in [3.8, 4) is 11.5 Å². The number of hydrogen-bond acceptors (Lipinski definition) is 4. The molecule has 1 aromatic rings. The Hall–Kier alpha value is -0.780. The Kier molecular flexibility index (Phi) is 5.48. The molecule has 19 heavy (non-hydrogen) atoms. The molecule has 1 unspecified atom stereocenters. The summed E-state index contributed by atoms with van der Waals surface area (Å²) < 4.78 is 22.8. The third-order valence-electron chi connectivity index (χ3n) is 3.11. The van der Waals surface area contributed by atoms with E-state index in [1.807, 2.05) is 12.1 Å². The minimum Gasteiger partial charge on any atom is -0.497 e. The van der Waals surface area contributed by atoms with E-state index in [1.165, 1.54) is 0 Å². The molecule has 0 aliphatic carbocycles. The summed E-state index contributed by atoms with van der Waals surface area (Å²) in [5, 5.41) is 0. The third kappa shape index (κ3) is 3.84. The van der Waals surface area contributed by atoms with E-state index in [0.29, 0.717) is 6.61 Å². The van der Waals surface area contributed by atoms with Crippen LogP contribution in [-0.4, -0.2) is 27.1 Å². The molecule has 0 radical (unpaired) electrons. The fraction of sp³-hybridized carbons (Fsp3) is 0.571. The fourth-order valence-corrected chi connectivity index (χ4v) is 2.53. The second-order valence-corrected chi connectivity index (χ2v) is 5.20. The van der Waals surface area contributed by atoms with Crippen molar-refractivity contribution in [2.45, 2.75) is 32.2 Å². The van der Waals surface area contributed by atoms with Crippen LogP contribution in [0.15, 0.2) is 16.6 Å². The van der Waals surface area contributed by atoms with Gasteiger partial charge in [-0.05, 0) is 46.8 Å². The molecular formula is C14H19BrO4. The molecule has 0 spiro atoms. The summed E-state index contributed by atoms with van der Waals surface area (Å²) in [6.07, 6.45) is 3.14. The van der Waals surface area contributed by atoms with Gasteiger partial charge in [0, 0.05) is 12.7 Å². The maximum absolute atomic E-state index is 5.79. The molecule has 0 aromatic heterocycles. The highest BCUT2D eigenvalue weighted by Crippen LogP contribution is 2.34. The van der Waals surface area contributed by atoms with Crippen molar-refractivity contribution in [1.82, 2.24) is 0 Å². The van der Waals surface area contributed by atoms with Crippen molar-refractivity contribution < 1.29 is 18.9 Å². The van der Waals surface area contributed by atoms with Crippen molar-refractivity contribution in [2.75, 3.05) is 20.8 Å². The topological polar surface area (TPSA) is 36.9 Å². The molecule has 1 atom stereocenters. The summed E-state index contributed by atoms with van der Waals surface area (Å²) in [5.74, 6) is 1.49. The molecule has 1 aliphatic rings. The Labute approximate surface area is 122 Å². The number of halogens is 1. The first kappa shape index (κ1) is 14.6. The van der Waals surface area contributed by atoms with Crippen LogP contribution < -0.4 is 9.47 Å². The Balaban J connectivity index is 2.05. The normalized spacial score (nSPS) is 19.2. The number of rotatable bonds is 5. The van der Waals surface area contributed by atoms with Crippen LogP contribution in [0.3, 0.4) is 0 Å². The van der Waals surface area contributed by atoms with Gasteiger partial charge in [0.1, 0.15) is 11.5 Å². The van der Waals surface area contributed by atoms with E-state index in [-0.39, 0.29) is 6.29 Å². The molecule has 0 N–H and O–H groups in total. The second-order valence-electron chi connectivity index (χ2n) is 4.41. The molecule has 2 rings (SSSR count). The molecule has 1 heterocycles. The quantitative estimate of drug-likeness (QED) is 0.827. The maximum Gasteiger partial charge on any atom is 0.158 e. The molecule has 0 saturated carbocycles. The molecule has 1 fully saturated rings. The predicted octanol–water partition coefficient (Wildman–Crippen LogP) is 3.51. The SMILES string of the molecule is COc1cc(COC2CCCCO2)c(Br)c(OC)c1. The molecule has 1 saturated heterocycles. The highest BCUT2D eigenvalue weighted by molar-refractivity contribution is 9.10. The lowest BCUT2D eigenvalue weighted by Crippen LogP contribution is -2.22. The van der Waals surface area contributed by atoms with Crippen LogP contribution in [0.4, 0.5) is 0 Å². The highest BCUT2D eigenvalue weighted by Gasteiger charge is 2.16. The van der Waals surface area contributed by atoms with Crippen LogP contribution in [0.25, 0.3) is 0 Å². The van der Waals surface area contributed by atoms with Gasteiger partial charge < -0.3 is 18.9 Å². The smallest absolute Gasteiger partial charge is 0.158 e. The van der Waals surface area contributed by atoms with Crippen LogP contribution in [0.5, 0.6) is 11.5 Å². The van der Waals surface area contributed by atoms with Gasteiger partial charge in [0.05, 0.1) is 25.3 Å². The highest BCUT2D eigenvalue weighted by atomic mass is 79.9. The molecule has 5 heteroatoms. The summed E-state index contributed by atoms with van der Waals surface area (Å²) >= 11 is 3.53. The number of benzene rings is 1. The van der Waals surface area contributed by atoms with Crippen LogP contribution in [0.2, 0.25) is 0 Å². The third-order valence-corrected chi connectivity index (χ3v) is 4.01. The Morgan fingerprint density at radius 2 is 2.11 bits per heavy atom. The lowest BCUT2D eigenvalue weighted by Gasteiger charge is -2.23. The van der Waals surface area contributed by atoms with Gasteiger partial charge in [-0.25, -0.2) is 0 Å². The second kappa shape index (κ2) is 7.12. The summed E-state index contributed by atoms with van der Waals surface area (Å²) in [6.45, 7) is 1.26. The summed E-state index contributed by atoms with van der Waals surface area (Å²) in [5.41, 5.74) is 0.991. The van der Waals surface area contributed by atoms with E-state index in [0.717, 1.165) is 47.4 Å². The van der Waals surface area contributed by atoms with E-state index >= 15 is 0 Å². The zero-order valence-electron chi connectivity index (χ0n) is 11.3. The van der Waals surface area contributed by atoms with Gasteiger partial charge in [-0.1, -0.05) is 0 Å². The van der Waals surface area contributed by atoms with Crippen molar-refractivity contribution in [1.29, 1.82) is 0 Å². The molecule has 4 nitrogen and oxygen atoms in total. The lowest BCUT2D eigenvalue weighted by atomic mass is 10.2. The maximum atomic E-state index is 5.79. The van der Waals surface area contributed by atoms with Crippen LogP contribution in [0.1, 0.15) is 24.8 Å². The summed E-state index contributed by atoms with van der Waals surface area (Å²) in [4.78, 5) is 0. The zero-order valence-corrected chi connectivity index (χ0v) is 12.9. The van der Waals surface area contributed by atoms with Gasteiger partial charge in [0.2, 0.25) is 0 Å². The first-order chi connectivity index (χ1) is 9.24. The largest absolute Gasteiger partial charge is 0.497 e. The van der Waals surface area contributed by atoms with Gasteiger partial charge in [0.25, 0.3) is 0 Å². The Morgan fingerprint density at radius 1 is 1.26 bits per heavy atom. The van der Waals surface area contributed by atoms with Crippen molar-refractivity contribution >= 4 is 15.9 Å². The van der Waals surface area contributed by atoms with Crippen LogP contribution >= 0.6 is 15.9 Å². The minimum absolute atomic E-state index is 0.0992. The standard InChI is InChI=1S/C14H19BrO4/c1-16-11-7-10(14(15)12(8-11)17-2)9-19-13-5-3-4-6-18-13/h7-8,13H,3-6,9H2,1-2H3. The van der Waals surface area contributed by atoms with E-state index < -0.39 is 0 Å². The molecule has 0 amide bonds. The Morgan fingerprint density at radius 3 is 2.74 bits per heavy atom. The van der Waals surface area contributed by atoms with Gasteiger partial charge in [-0.2, -0.15) is 0 Å². The average Bonchev–Trinajstić information content (AvgIpc) is 2.47. The van der Waals surface area contributed by atoms with Crippen molar-refractivity contribution in [3.63, 3.8) is 0 Å². The first-order valence-corrected chi connectivity index (χ1v) is 7.17. The number of hydrogen-bond donors (Lipinski definition) is 0. The Bertz CT molecular complexity index is 416. The van der Waals surface area contributed by atoms with E-state index in [2.05, 4.69) is 15.9 Å².